The van der Waals surface area contributed by atoms with Crippen LogP contribution in [-0.2, 0) is 9.53 Å². The highest BCUT2D eigenvalue weighted by Gasteiger charge is 2.30. The second-order valence-electron chi connectivity index (χ2n) is 7.83. The molecular formula is C23H27NO4. The molecule has 0 radical (unpaired) electrons. The lowest BCUT2D eigenvalue weighted by Crippen LogP contribution is -2.43. The van der Waals surface area contributed by atoms with Crippen LogP contribution in [0.2, 0.25) is 0 Å². The minimum Gasteiger partial charge on any atom is -0.481 e. The number of nitrogens with one attached hydrogen (secondary N) is 1. The average Bonchev–Trinajstić information content (AvgIpc) is 2.99. The molecule has 0 heterocycles. The Labute approximate surface area is 165 Å². The van der Waals surface area contributed by atoms with E-state index in [0.717, 1.165) is 11.1 Å². The lowest BCUT2D eigenvalue weighted by atomic mass is 9.93. The van der Waals surface area contributed by atoms with E-state index in [4.69, 9.17) is 4.74 Å². The van der Waals surface area contributed by atoms with Crippen LogP contribution in [0.15, 0.2) is 48.5 Å². The number of alkyl carbamates (subject to hydrolysis) is 1. The fourth-order valence-corrected chi connectivity index (χ4v) is 3.86. The Morgan fingerprint density at radius 2 is 1.54 bits per heavy atom. The van der Waals surface area contributed by atoms with Crippen LogP contribution in [0.4, 0.5) is 4.79 Å². The largest absolute Gasteiger partial charge is 0.481 e. The molecule has 0 aromatic heterocycles. The predicted octanol–water partition coefficient (Wildman–Crippen LogP) is 4.66. The standard InChI is InChI=1S/C23H27NO4/c1-14(2)12-21(15(3)22(25)26)24-23(27)28-13-20-18-10-6-4-8-16(18)17-9-5-7-11-19(17)20/h4-11,14-15,20-21H,12-13H2,1-3H3,(H,24,27)(H,25,26)/t15-,21+/m0/s1. The van der Waals surface area contributed by atoms with E-state index in [2.05, 4.69) is 29.6 Å². The molecule has 2 aromatic carbocycles. The first kappa shape index (κ1) is 19.9. The fraction of sp³-hybridized carbons (Fsp3) is 0.391. The maximum absolute atomic E-state index is 12.4. The van der Waals surface area contributed by atoms with Crippen molar-refractivity contribution >= 4 is 12.1 Å². The minimum absolute atomic E-state index is 0.0152. The summed E-state index contributed by atoms with van der Waals surface area (Å²) in [4.78, 5) is 23.8. The van der Waals surface area contributed by atoms with Crippen LogP contribution in [0.25, 0.3) is 11.1 Å². The fourth-order valence-electron chi connectivity index (χ4n) is 3.86. The van der Waals surface area contributed by atoms with Crippen molar-refractivity contribution in [1.82, 2.24) is 5.32 Å². The number of rotatable bonds is 7. The van der Waals surface area contributed by atoms with E-state index in [1.54, 1.807) is 6.92 Å². The van der Waals surface area contributed by atoms with Crippen molar-refractivity contribution in [3.05, 3.63) is 59.7 Å². The SMILES string of the molecule is CC(C)C[C@@H](NC(=O)OCC1c2ccccc2-c2ccccc21)[C@H](C)C(=O)O. The van der Waals surface area contributed by atoms with Crippen molar-refractivity contribution in [3.8, 4) is 11.1 Å². The Morgan fingerprint density at radius 3 is 2.04 bits per heavy atom. The number of carbonyl (C=O) groups is 2. The molecule has 2 aromatic rings. The summed E-state index contributed by atoms with van der Waals surface area (Å²) in [6.45, 7) is 5.83. The molecule has 5 heteroatoms. The number of amides is 1. The van der Waals surface area contributed by atoms with E-state index in [0.29, 0.717) is 6.42 Å². The molecule has 0 saturated heterocycles. The summed E-state index contributed by atoms with van der Waals surface area (Å²) in [5.74, 6) is -1.35. The molecule has 0 saturated carbocycles. The average molecular weight is 381 g/mol. The van der Waals surface area contributed by atoms with Crippen LogP contribution in [0.3, 0.4) is 0 Å². The van der Waals surface area contributed by atoms with Gasteiger partial charge in [0, 0.05) is 12.0 Å². The number of carbonyl (C=O) groups excluding carboxylic acids is 1. The Kier molecular flexibility index (Phi) is 6.02. The topological polar surface area (TPSA) is 75.6 Å². The summed E-state index contributed by atoms with van der Waals surface area (Å²) in [7, 11) is 0. The summed E-state index contributed by atoms with van der Waals surface area (Å²) in [6, 6.07) is 15.8. The molecular weight excluding hydrogens is 354 g/mol. The second-order valence-corrected chi connectivity index (χ2v) is 7.83. The monoisotopic (exact) mass is 381 g/mol. The molecule has 3 rings (SSSR count). The number of fused-ring (bicyclic) bond motifs is 3. The van der Waals surface area contributed by atoms with Gasteiger partial charge in [-0.1, -0.05) is 62.4 Å². The van der Waals surface area contributed by atoms with Gasteiger partial charge in [0.1, 0.15) is 6.61 Å². The summed E-state index contributed by atoms with van der Waals surface area (Å²) in [6.07, 6.45) is 0.0121. The van der Waals surface area contributed by atoms with Gasteiger partial charge in [0.05, 0.1) is 5.92 Å². The molecule has 1 aliphatic rings. The molecule has 148 valence electrons. The predicted molar refractivity (Wildman–Crippen MR) is 108 cm³/mol. The maximum Gasteiger partial charge on any atom is 0.407 e. The number of carboxylic acids is 1. The second kappa shape index (κ2) is 8.46. The van der Waals surface area contributed by atoms with Gasteiger partial charge in [-0.05, 0) is 41.5 Å². The zero-order valence-electron chi connectivity index (χ0n) is 16.5. The molecule has 5 nitrogen and oxygen atoms in total. The number of hydrogen-bond acceptors (Lipinski definition) is 3. The molecule has 0 fully saturated rings. The first-order valence-electron chi connectivity index (χ1n) is 9.72. The lowest BCUT2D eigenvalue weighted by Gasteiger charge is -2.24. The lowest BCUT2D eigenvalue weighted by molar-refractivity contribution is -0.142. The third kappa shape index (κ3) is 4.19. The van der Waals surface area contributed by atoms with Gasteiger partial charge in [0.2, 0.25) is 0 Å². The van der Waals surface area contributed by atoms with Crippen molar-refractivity contribution < 1.29 is 19.4 Å². The summed E-state index contributed by atoms with van der Waals surface area (Å²) < 4.78 is 5.54. The van der Waals surface area contributed by atoms with Crippen molar-refractivity contribution in [2.24, 2.45) is 11.8 Å². The molecule has 1 amide bonds. The zero-order valence-corrected chi connectivity index (χ0v) is 16.5. The summed E-state index contributed by atoms with van der Waals surface area (Å²) in [5.41, 5.74) is 4.64. The van der Waals surface area contributed by atoms with Gasteiger partial charge >= 0.3 is 12.1 Å². The number of hydrogen-bond donors (Lipinski definition) is 2. The van der Waals surface area contributed by atoms with Crippen LogP contribution in [0, 0.1) is 11.8 Å². The van der Waals surface area contributed by atoms with E-state index in [1.807, 2.05) is 38.1 Å². The van der Waals surface area contributed by atoms with Gasteiger partial charge in [-0.3, -0.25) is 4.79 Å². The van der Waals surface area contributed by atoms with Gasteiger partial charge in [0.25, 0.3) is 0 Å². The van der Waals surface area contributed by atoms with E-state index in [9.17, 15) is 14.7 Å². The highest BCUT2D eigenvalue weighted by molar-refractivity contribution is 5.79. The van der Waals surface area contributed by atoms with E-state index >= 15 is 0 Å². The van der Waals surface area contributed by atoms with Crippen LogP contribution in [0.1, 0.15) is 44.2 Å². The quantitative estimate of drug-likeness (QED) is 0.731. The molecule has 0 spiro atoms. The van der Waals surface area contributed by atoms with Gasteiger partial charge in [0.15, 0.2) is 0 Å². The van der Waals surface area contributed by atoms with Gasteiger partial charge in [-0.25, -0.2) is 4.79 Å². The first-order chi connectivity index (χ1) is 13.4. The van der Waals surface area contributed by atoms with Gasteiger partial charge in [-0.15, -0.1) is 0 Å². The van der Waals surface area contributed by atoms with E-state index < -0.39 is 24.0 Å². The molecule has 0 bridgehead atoms. The van der Waals surface area contributed by atoms with Crippen molar-refractivity contribution in [2.75, 3.05) is 6.61 Å². The molecule has 1 aliphatic carbocycles. The zero-order chi connectivity index (χ0) is 20.3. The highest BCUT2D eigenvalue weighted by Crippen LogP contribution is 2.44. The van der Waals surface area contributed by atoms with E-state index in [1.165, 1.54) is 11.1 Å². The molecule has 2 N–H and O–H groups in total. The van der Waals surface area contributed by atoms with Gasteiger partial charge in [-0.2, -0.15) is 0 Å². The molecule has 0 aliphatic heterocycles. The molecule has 28 heavy (non-hydrogen) atoms. The molecule has 2 atom stereocenters. The number of ether oxygens (including phenoxy) is 1. The Hall–Kier alpha value is -2.82. The maximum atomic E-state index is 12.4. The number of carboxylic acid groups (broad SMARTS) is 1. The molecule has 0 unspecified atom stereocenters. The minimum atomic E-state index is -0.926. The van der Waals surface area contributed by atoms with Crippen molar-refractivity contribution in [1.29, 1.82) is 0 Å². The Bertz CT molecular complexity index is 816. The van der Waals surface area contributed by atoms with Crippen molar-refractivity contribution in [3.63, 3.8) is 0 Å². The van der Waals surface area contributed by atoms with Crippen LogP contribution in [-0.4, -0.2) is 29.8 Å². The third-order valence-corrected chi connectivity index (χ3v) is 5.37. The first-order valence-corrected chi connectivity index (χ1v) is 9.72. The Balaban J connectivity index is 1.70. The summed E-state index contributed by atoms with van der Waals surface area (Å²) in [5, 5.41) is 12.1. The van der Waals surface area contributed by atoms with Crippen LogP contribution >= 0.6 is 0 Å². The van der Waals surface area contributed by atoms with Gasteiger partial charge < -0.3 is 15.2 Å². The normalized spacial score (nSPS) is 14.9. The third-order valence-electron chi connectivity index (χ3n) is 5.37. The Morgan fingerprint density at radius 1 is 1.00 bits per heavy atom. The number of benzene rings is 2. The summed E-state index contributed by atoms with van der Waals surface area (Å²) >= 11 is 0. The van der Waals surface area contributed by atoms with Crippen LogP contribution in [0.5, 0.6) is 0 Å². The number of aliphatic carboxylic acids is 1. The van der Waals surface area contributed by atoms with Crippen LogP contribution < -0.4 is 5.32 Å². The smallest absolute Gasteiger partial charge is 0.407 e. The highest BCUT2D eigenvalue weighted by atomic mass is 16.5. The van der Waals surface area contributed by atoms with E-state index in [-0.39, 0.29) is 18.4 Å². The van der Waals surface area contributed by atoms with Crippen molar-refractivity contribution in [2.45, 2.75) is 39.2 Å².